The van der Waals surface area contributed by atoms with Crippen LogP contribution >= 0.6 is 0 Å². The highest BCUT2D eigenvalue weighted by molar-refractivity contribution is 5.56. The van der Waals surface area contributed by atoms with E-state index in [1.165, 1.54) is 7.11 Å². The Morgan fingerprint density at radius 2 is 1.84 bits per heavy atom. The zero-order chi connectivity index (χ0) is 13.8. The molecule has 0 N–H and O–H groups in total. The molecule has 0 fully saturated rings. The highest BCUT2D eigenvalue weighted by Crippen LogP contribution is 2.22. The van der Waals surface area contributed by atoms with Gasteiger partial charge in [-0.25, -0.2) is 4.98 Å². The van der Waals surface area contributed by atoms with Crippen molar-refractivity contribution in [1.82, 2.24) is 9.97 Å². The molecule has 1 heterocycles. The van der Waals surface area contributed by atoms with Gasteiger partial charge in [-0.2, -0.15) is 9.37 Å². The first kappa shape index (κ1) is 13.3. The summed E-state index contributed by atoms with van der Waals surface area (Å²) >= 11 is 0. The van der Waals surface area contributed by atoms with Gasteiger partial charge in [0, 0.05) is 5.56 Å². The van der Waals surface area contributed by atoms with Crippen LogP contribution in [0, 0.1) is 5.82 Å². The highest BCUT2D eigenvalue weighted by atomic mass is 19.1. The fraction of sp³-hybridized carbons (Fsp3) is 0.286. The lowest BCUT2D eigenvalue weighted by Gasteiger charge is -2.10. The number of ether oxygens (including phenoxy) is 2. The fourth-order valence-corrected chi connectivity index (χ4v) is 1.59. The van der Waals surface area contributed by atoms with Crippen LogP contribution in [-0.4, -0.2) is 23.2 Å². The second-order valence-corrected chi connectivity index (χ2v) is 4.24. The van der Waals surface area contributed by atoms with Crippen molar-refractivity contribution in [3.8, 4) is 23.0 Å². The van der Waals surface area contributed by atoms with Gasteiger partial charge < -0.3 is 9.47 Å². The number of hydrogen-bond acceptors (Lipinski definition) is 4. The van der Waals surface area contributed by atoms with Crippen LogP contribution in [0.1, 0.15) is 13.8 Å². The van der Waals surface area contributed by atoms with Gasteiger partial charge in [-0.05, 0) is 38.1 Å². The summed E-state index contributed by atoms with van der Waals surface area (Å²) in [7, 11) is 1.37. The molecule has 0 saturated carbocycles. The van der Waals surface area contributed by atoms with Crippen LogP contribution in [0.15, 0.2) is 30.5 Å². The molecule has 2 rings (SSSR count). The smallest absolute Gasteiger partial charge is 0.253 e. The van der Waals surface area contributed by atoms with Gasteiger partial charge in [0.15, 0.2) is 5.82 Å². The summed E-state index contributed by atoms with van der Waals surface area (Å²) in [6, 6.07) is 7.30. The number of nitrogens with zero attached hydrogens (tertiary/aromatic N) is 2. The number of rotatable bonds is 4. The molecule has 0 atom stereocenters. The summed E-state index contributed by atoms with van der Waals surface area (Å²) in [5, 5.41) is 0. The Morgan fingerprint density at radius 1 is 1.16 bits per heavy atom. The molecule has 2 aromatic rings. The third kappa shape index (κ3) is 3.19. The van der Waals surface area contributed by atoms with Gasteiger partial charge in [-0.1, -0.05) is 0 Å². The van der Waals surface area contributed by atoms with Crippen molar-refractivity contribution in [2.75, 3.05) is 7.11 Å². The lowest BCUT2D eigenvalue weighted by Crippen LogP contribution is -2.05. The molecule has 0 bridgehead atoms. The normalized spacial score (nSPS) is 10.6. The van der Waals surface area contributed by atoms with E-state index in [0.717, 1.165) is 17.5 Å². The molecule has 100 valence electrons. The maximum absolute atomic E-state index is 13.2. The Hall–Kier alpha value is -2.17. The van der Waals surface area contributed by atoms with E-state index in [2.05, 4.69) is 9.97 Å². The Kier molecular flexibility index (Phi) is 3.94. The van der Waals surface area contributed by atoms with Crippen molar-refractivity contribution in [3.63, 3.8) is 0 Å². The van der Waals surface area contributed by atoms with Crippen molar-refractivity contribution in [3.05, 3.63) is 36.3 Å². The fourth-order valence-electron chi connectivity index (χ4n) is 1.59. The first-order valence-electron chi connectivity index (χ1n) is 5.93. The Labute approximate surface area is 111 Å². The van der Waals surface area contributed by atoms with Gasteiger partial charge in [0.2, 0.25) is 5.82 Å². The van der Waals surface area contributed by atoms with E-state index in [-0.39, 0.29) is 12.0 Å². The van der Waals surface area contributed by atoms with Gasteiger partial charge in [0.25, 0.3) is 5.88 Å². The second kappa shape index (κ2) is 5.65. The van der Waals surface area contributed by atoms with Crippen molar-refractivity contribution < 1.29 is 13.9 Å². The maximum Gasteiger partial charge on any atom is 0.253 e. The van der Waals surface area contributed by atoms with Gasteiger partial charge in [-0.3, -0.25) is 0 Å². The van der Waals surface area contributed by atoms with E-state index in [0.29, 0.717) is 5.82 Å². The molecule has 0 saturated heterocycles. The quantitative estimate of drug-likeness (QED) is 0.849. The van der Waals surface area contributed by atoms with E-state index in [9.17, 15) is 4.39 Å². The summed E-state index contributed by atoms with van der Waals surface area (Å²) < 4.78 is 23.6. The molecule has 0 aliphatic carbocycles. The lowest BCUT2D eigenvalue weighted by molar-refractivity contribution is 0.242. The van der Waals surface area contributed by atoms with Crippen molar-refractivity contribution >= 4 is 0 Å². The summed E-state index contributed by atoms with van der Waals surface area (Å²) in [5.74, 6) is 0.542. The monoisotopic (exact) mass is 262 g/mol. The van der Waals surface area contributed by atoms with Crippen LogP contribution in [0.25, 0.3) is 11.4 Å². The van der Waals surface area contributed by atoms with E-state index >= 15 is 0 Å². The number of halogens is 1. The van der Waals surface area contributed by atoms with E-state index < -0.39 is 5.82 Å². The van der Waals surface area contributed by atoms with Crippen LogP contribution in [0.3, 0.4) is 0 Å². The van der Waals surface area contributed by atoms with Gasteiger partial charge in [0.1, 0.15) is 5.75 Å². The largest absolute Gasteiger partial charge is 0.491 e. The molecule has 0 aliphatic heterocycles. The molecular formula is C14H15FN2O2. The Morgan fingerprint density at radius 3 is 2.42 bits per heavy atom. The minimum atomic E-state index is -0.578. The predicted octanol–water partition coefficient (Wildman–Crippen LogP) is 3.08. The minimum Gasteiger partial charge on any atom is -0.491 e. The van der Waals surface area contributed by atoms with Gasteiger partial charge in [-0.15, -0.1) is 0 Å². The summed E-state index contributed by atoms with van der Waals surface area (Å²) in [6.45, 7) is 3.92. The molecule has 19 heavy (non-hydrogen) atoms. The van der Waals surface area contributed by atoms with E-state index in [4.69, 9.17) is 9.47 Å². The average Bonchev–Trinajstić information content (AvgIpc) is 2.40. The number of aromatic nitrogens is 2. The predicted molar refractivity (Wildman–Crippen MR) is 69.7 cm³/mol. The molecule has 0 aliphatic rings. The summed E-state index contributed by atoms with van der Waals surface area (Å²) in [5.41, 5.74) is 0.773. The van der Waals surface area contributed by atoms with Gasteiger partial charge in [0.05, 0.1) is 19.4 Å². The standard InChI is InChI=1S/C14H15FN2O2/c1-9(2)19-11-6-4-10(5-7-11)13-16-8-12(15)14(17-13)18-3/h4-9H,1-3H3. The maximum atomic E-state index is 13.2. The van der Waals surface area contributed by atoms with Crippen molar-refractivity contribution in [2.45, 2.75) is 20.0 Å². The number of methoxy groups -OCH3 is 1. The van der Waals surface area contributed by atoms with Crippen molar-refractivity contribution in [2.24, 2.45) is 0 Å². The third-order valence-electron chi connectivity index (χ3n) is 2.39. The first-order valence-corrected chi connectivity index (χ1v) is 5.93. The Balaban J connectivity index is 2.27. The van der Waals surface area contributed by atoms with E-state index in [1.807, 2.05) is 38.1 Å². The summed E-state index contributed by atoms with van der Waals surface area (Å²) in [4.78, 5) is 7.94. The van der Waals surface area contributed by atoms with Gasteiger partial charge >= 0.3 is 0 Å². The van der Waals surface area contributed by atoms with Crippen LogP contribution in [0.5, 0.6) is 11.6 Å². The number of benzene rings is 1. The third-order valence-corrected chi connectivity index (χ3v) is 2.39. The highest BCUT2D eigenvalue weighted by Gasteiger charge is 2.09. The topological polar surface area (TPSA) is 44.2 Å². The molecule has 0 radical (unpaired) electrons. The summed E-state index contributed by atoms with van der Waals surface area (Å²) in [6.07, 6.45) is 1.22. The molecule has 5 heteroatoms. The van der Waals surface area contributed by atoms with E-state index in [1.54, 1.807) is 0 Å². The van der Waals surface area contributed by atoms with Crippen LogP contribution in [0.4, 0.5) is 4.39 Å². The first-order chi connectivity index (χ1) is 9.10. The van der Waals surface area contributed by atoms with Crippen molar-refractivity contribution in [1.29, 1.82) is 0 Å². The molecule has 4 nitrogen and oxygen atoms in total. The molecule has 0 unspecified atom stereocenters. The number of hydrogen-bond donors (Lipinski definition) is 0. The zero-order valence-corrected chi connectivity index (χ0v) is 11.1. The SMILES string of the molecule is COc1nc(-c2ccc(OC(C)C)cc2)ncc1F. The lowest BCUT2D eigenvalue weighted by atomic mass is 10.2. The van der Waals surface area contributed by atoms with Crippen LogP contribution in [-0.2, 0) is 0 Å². The molecule has 1 aromatic carbocycles. The molecule has 0 spiro atoms. The Bertz CT molecular complexity index is 556. The molecule has 1 aromatic heterocycles. The zero-order valence-electron chi connectivity index (χ0n) is 11.1. The van der Waals surface area contributed by atoms with Crippen LogP contribution < -0.4 is 9.47 Å². The molecular weight excluding hydrogens is 247 g/mol. The average molecular weight is 262 g/mol. The van der Waals surface area contributed by atoms with Crippen LogP contribution in [0.2, 0.25) is 0 Å². The second-order valence-electron chi connectivity index (χ2n) is 4.24. The molecule has 0 amide bonds. The minimum absolute atomic E-state index is 0.0625.